The van der Waals surface area contributed by atoms with Crippen LogP contribution in [0.4, 0.5) is 5.95 Å². The molecular formula is C20H21N3O4. The third kappa shape index (κ3) is 3.57. The molecule has 0 spiro atoms. The van der Waals surface area contributed by atoms with Crippen molar-refractivity contribution in [3.63, 3.8) is 0 Å². The Morgan fingerprint density at radius 1 is 0.778 bits per heavy atom. The van der Waals surface area contributed by atoms with Crippen molar-refractivity contribution in [2.75, 3.05) is 34.2 Å². The van der Waals surface area contributed by atoms with Crippen molar-refractivity contribution in [3.05, 3.63) is 42.6 Å². The van der Waals surface area contributed by atoms with Crippen LogP contribution in [0.2, 0.25) is 0 Å². The number of rotatable bonds is 6. The van der Waals surface area contributed by atoms with Crippen LogP contribution in [0.3, 0.4) is 0 Å². The van der Waals surface area contributed by atoms with Crippen LogP contribution in [0, 0.1) is 0 Å². The van der Waals surface area contributed by atoms with E-state index in [-0.39, 0.29) is 5.95 Å². The molecule has 0 aliphatic carbocycles. The van der Waals surface area contributed by atoms with Crippen molar-refractivity contribution >= 4 is 5.95 Å². The summed E-state index contributed by atoms with van der Waals surface area (Å²) < 4.78 is 21.5. The standard InChI is InChI=1S/C20H21N3O4/c1-24-14-7-5-12(6-8-14)15-11-22-20(21)23-18(15)13-9-16(25-2)19(27-4)17(10-13)26-3/h5-11H,1-4H3,(H2,21,22,23). The fourth-order valence-electron chi connectivity index (χ4n) is 2.82. The summed E-state index contributed by atoms with van der Waals surface area (Å²) in [5.74, 6) is 2.52. The Morgan fingerprint density at radius 2 is 1.41 bits per heavy atom. The second-order valence-corrected chi connectivity index (χ2v) is 5.63. The molecule has 2 aromatic carbocycles. The van der Waals surface area contributed by atoms with Crippen LogP contribution in [0.15, 0.2) is 42.6 Å². The van der Waals surface area contributed by atoms with Crippen LogP contribution < -0.4 is 24.7 Å². The minimum Gasteiger partial charge on any atom is -0.497 e. The van der Waals surface area contributed by atoms with Gasteiger partial charge in [0.1, 0.15) is 5.75 Å². The average molecular weight is 367 g/mol. The maximum Gasteiger partial charge on any atom is 0.220 e. The van der Waals surface area contributed by atoms with Gasteiger partial charge in [-0.3, -0.25) is 0 Å². The molecule has 0 saturated carbocycles. The molecule has 0 amide bonds. The van der Waals surface area contributed by atoms with Gasteiger partial charge in [0.2, 0.25) is 11.7 Å². The molecule has 27 heavy (non-hydrogen) atoms. The van der Waals surface area contributed by atoms with E-state index < -0.39 is 0 Å². The molecule has 3 rings (SSSR count). The molecule has 1 heterocycles. The summed E-state index contributed by atoms with van der Waals surface area (Å²) in [5.41, 5.74) is 9.03. The second kappa shape index (κ2) is 7.82. The highest BCUT2D eigenvalue weighted by Gasteiger charge is 2.18. The van der Waals surface area contributed by atoms with Crippen LogP contribution in [-0.2, 0) is 0 Å². The van der Waals surface area contributed by atoms with E-state index in [0.717, 1.165) is 22.4 Å². The number of benzene rings is 2. The van der Waals surface area contributed by atoms with Crippen LogP contribution in [0.25, 0.3) is 22.4 Å². The lowest BCUT2D eigenvalue weighted by molar-refractivity contribution is 0.324. The topological polar surface area (TPSA) is 88.7 Å². The van der Waals surface area contributed by atoms with Crippen LogP contribution >= 0.6 is 0 Å². The summed E-state index contributed by atoms with van der Waals surface area (Å²) in [6, 6.07) is 11.3. The SMILES string of the molecule is COc1ccc(-c2cnc(N)nc2-c2cc(OC)c(OC)c(OC)c2)cc1. The van der Waals surface area contributed by atoms with Crippen molar-refractivity contribution in [3.8, 4) is 45.4 Å². The van der Waals surface area contributed by atoms with Gasteiger partial charge in [0, 0.05) is 17.3 Å². The van der Waals surface area contributed by atoms with E-state index in [9.17, 15) is 0 Å². The molecule has 140 valence electrons. The first kappa shape index (κ1) is 18.3. The number of methoxy groups -OCH3 is 4. The molecule has 7 heteroatoms. The lowest BCUT2D eigenvalue weighted by Crippen LogP contribution is -2.00. The smallest absolute Gasteiger partial charge is 0.220 e. The summed E-state index contributed by atoms with van der Waals surface area (Å²) in [7, 11) is 6.33. The summed E-state index contributed by atoms with van der Waals surface area (Å²) in [5, 5.41) is 0. The Balaban J connectivity index is 2.20. The first-order chi connectivity index (χ1) is 13.1. The molecule has 7 nitrogen and oxygen atoms in total. The lowest BCUT2D eigenvalue weighted by Gasteiger charge is -2.15. The maximum atomic E-state index is 5.86. The predicted molar refractivity (Wildman–Crippen MR) is 104 cm³/mol. The highest BCUT2D eigenvalue weighted by Crippen LogP contribution is 2.42. The monoisotopic (exact) mass is 367 g/mol. The highest BCUT2D eigenvalue weighted by molar-refractivity contribution is 5.83. The Kier molecular flexibility index (Phi) is 5.30. The number of hydrogen-bond acceptors (Lipinski definition) is 7. The zero-order chi connectivity index (χ0) is 19.4. The summed E-state index contributed by atoms with van der Waals surface area (Å²) in [4.78, 5) is 8.60. The van der Waals surface area contributed by atoms with Crippen LogP contribution in [0.1, 0.15) is 0 Å². The fraction of sp³-hybridized carbons (Fsp3) is 0.200. The van der Waals surface area contributed by atoms with Crippen molar-refractivity contribution in [2.45, 2.75) is 0 Å². The largest absolute Gasteiger partial charge is 0.497 e. The molecule has 0 unspecified atom stereocenters. The van der Waals surface area contributed by atoms with Crippen molar-refractivity contribution < 1.29 is 18.9 Å². The molecule has 2 N–H and O–H groups in total. The van der Waals surface area contributed by atoms with Gasteiger partial charge in [-0.25, -0.2) is 9.97 Å². The minimum absolute atomic E-state index is 0.177. The molecular weight excluding hydrogens is 346 g/mol. The minimum atomic E-state index is 0.177. The first-order valence-electron chi connectivity index (χ1n) is 8.18. The molecule has 0 aliphatic rings. The number of aromatic nitrogens is 2. The molecule has 0 atom stereocenters. The maximum absolute atomic E-state index is 5.86. The molecule has 0 saturated heterocycles. The third-order valence-electron chi connectivity index (χ3n) is 4.15. The van der Waals surface area contributed by atoms with Crippen molar-refractivity contribution in [1.29, 1.82) is 0 Å². The van der Waals surface area contributed by atoms with Gasteiger partial charge in [0.05, 0.1) is 34.1 Å². The van der Waals surface area contributed by atoms with Gasteiger partial charge < -0.3 is 24.7 Å². The van der Waals surface area contributed by atoms with E-state index in [1.165, 1.54) is 0 Å². The predicted octanol–water partition coefficient (Wildman–Crippen LogP) is 3.43. The van der Waals surface area contributed by atoms with Gasteiger partial charge in [-0.15, -0.1) is 0 Å². The van der Waals surface area contributed by atoms with E-state index in [1.54, 1.807) is 34.6 Å². The summed E-state index contributed by atoms with van der Waals surface area (Å²) in [6.45, 7) is 0. The number of nitrogen functional groups attached to an aromatic ring is 1. The second-order valence-electron chi connectivity index (χ2n) is 5.63. The Hall–Kier alpha value is -3.48. The van der Waals surface area contributed by atoms with Gasteiger partial charge in [0.25, 0.3) is 0 Å². The fourth-order valence-corrected chi connectivity index (χ4v) is 2.82. The van der Waals surface area contributed by atoms with Gasteiger partial charge in [-0.1, -0.05) is 12.1 Å². The van der Waals surface area contributed by atoms with Crippen molar-refractivity contribution in [2.24, 2.45) is 0 Å². The molecule has 0 aliphatic heterocycles. The molecule has 0 bridgehead atoms. The number of ether oxygens (including phenoxy) is 4. The van der Waals surface area contributed by atoms with Crippen LogP contribution in [0.5, 0.6) is 23.0 Å². The lowest BCUT2D eigenvalue weighted by atomic mass is 10.00. The highest BCUT2D eigenvalue weighted by atomic mass is 16.5. The van der Waals surface area contributed by atoms with E-state index in [2.05, 4.69) is 9.97 Å². The first-order valence-corrected chi connectivity index (χ1v) is 8.18. The number of nitrogens with two attached hydrogens (primary N) is 1. The number of hydrogen-bond donors (Lipinski definition) is 1. The Bertz CT molecular complexity index is 917. The third-order valence-corrected chi connectivity index (χ3v) is 4.15. The summed E-state index contributed by atoms with van der Waals surface area (Å²) in [6.07, 6.45) is 1.70. The van der Waals surface area contributed by atoms with E-state index >= 15 is 0 Å². The zero-order valence-corrected chi connectivity index (χ0v) is 15.6. The van der Waals surface area contributed by atoms with E-state index in [4.69, 9.17) is 24.7 Å². The normalized spacial score (nSPS) is 10.4. The Morgan fingerprint density at radius 3 is 1.93 bits per heavy atom. The number of anilines is 1. The molecule has 1 aromatic heterocycles. The Labute approximate surface area is 157 Å². The molecule has 0 radical (unpaired) electrons. The van der Waals surface area contributed by atoms with Gasteiger partial charge in [-0.05, 0) is 29.8 Å². The quantitative estimate of drug-likeness (QED) is 0.714. The molecule has 3 aromatic rings. The summed E-state index contributed by atoms with van der Waals surface area (Å²) >= 11 is 0. The van der Waals surface area contributed by atoms with E-state index in [1.807, 2.05) is 36.4 Å². The molecule has 0 fully saturated rings. The zero-order valence-electron chi connectivity index (χ0n) is 15.6. The van der Waals surface area contributed by atoms with Gasteiger partial charge in [0.15, 0.2) is 11.5 Å². The van der Waals surface area contributed by atoms with Crippen LogP contribution in [-0.4, -0.2) is 38.4 Å². The van der Waals surface area contributed by atoms with E-state index in [0.29, 0.717) is 22.9 Å². The van der Waals surface area contributed by atoms with Gasteiger partial charge in [-0.2, -0.15) is 0 Å². The van der Waals surface area contributed by atoms with Gasteiger partial charge >= 0.3 is 0 Å². The van der Waals surface area contributed by atoms with Crippen molar-refractivity contribution in [1.82, 2.24) is 9.97 Å². The average Bonchev–Trinajstić information content (AvgIpc) is 2.72. The number of nitrogens with zero attached hydrogens (tertiary/aromatic N) is 2.